The average molecular weight is 1220 g/mol. The number of benzene rings is 1. The molecule has 1 aliphatic carbocycles. The van der Waals surface area contributed by atoms with Crippen LogP contribution in [-0.2, 0) is 75.0 Å². The zero-order valence-electron chi connectivity index (χ0n) is 51.3. The molecular formula is C60H98N8O18. The van der Waals surface area contributed by atoms with E-state index in [1.807, 2.05) is 0 Å². The molecule has 2 aliphatic rings. The maximum Gasteiger partial charge on any atom is 0.312 e. The monoisotopic (exact) mass is 1220 g/mol. The highest BCUT2D eigenvalue weighted by Gasteiger charge is 2.46. The summed E-state index contributed by atoms with van der Waals surface area (Å²) in [6, 6.07) is 4.96. The van der Waals surface area contributed by atoms with E-state index in [1.54, 1.807) is 52.0 Å². The molecule has 86 heavy (non-hydrogen) atoms. The number of ketones is 2. The normalized spacial score (nSPS) is 19.9. The Bertz CT molecular complexity index is 2350. The Morgan fingerprint density at radius 1 is 0.733 bits per heavy atom. The van der Waals surface area contributed by atoms with Gasteiger partial charge >= 0.3 is 12.0 Å². The van der Waals surface area contributed by atoms with Gasteiger partial charge in [-0.2, -0.15) is 0 Å². The number of primary amides is 1. The number of hydrogen-bond acceptors (Lipinski definition) is 20. The molecular weight excluding hydrogens is 1120 g/mol. The van der Waals surface area contributed by atoms with E-state index in [1.165, 1.54) is 4.68 Å². The number of amides is 5. The predicted octanol–water partition coefficient (Wildman–Crippen LogP) is 3.29. The molecule has 1 aromatic carbocycles. The molecule has 1 saturated heterocycles. The van der Waals surface area contributed by atoms with E-state index in [4.69, 9.17) is 38.9 Å². The van der Waals surface area contributed by atoms with E-state index in [0.29, 0.717) is 93.7 Å². The van der Waals surface area contributed by atoms with Crippen LogP contribution in [0.25, 0.3) is 0 Å². The summed E-state index contributed by atoms with van der Waals surface area (Å²) in [5, 5.41) is 61.1. The molecule has 4 rings (SSSR count). The van der Waals surface area contributed by atoms with Gasteiger partial charge in [0, 0.05) is 56.5 Å². The minimum Gasteiger partial charge on any atom is -0.461 e. The minimum absolute atomic E-state index is 0.0224. The number of fused-ring (bicyclic) bond motifs is 1. The van der Waals surface area contributed by atoms with Crippen molar-refractivity contribution in [1.29, 1.82) is 0 Å². The second-order valence-corrected chi connectivity index (χ2v) is 23.1. The Balaban J connectivity index is 1.36. The molecule has 10 N–H and O–H groups in total. The van der Waals surface area contributed by atoms with Crippen molar-refractivity contribution >= 4 is 47.0 Å². The number of aliphatic hydroxyl groups is 4. The smallest absolute Gasteiger partial charge is 0.312 e. The van der Waals surface area contributed by atoms with Crippen molar-refractivity contribution in [2.24, 2.45) is 35.3 Å². The first-order valence-electron chi connectivity index (χ1n) is 30.6. The number of carbonyl (C=O) groups excluding carboxylic acids is 7. The molecule has 9 atom stereocenters. The number of urea groups is 1. The van der Waals surface area contributed by atoms with Gasteiger partial charge in [-0.1, -0.05) is 78.2 Å². The van der Waals surface area contributed by atoms with Crippen molar-refractivity contribution in [2.75, 3.05) is 84.5 Å². The summed E-state index contributed by atoms with van der Waals surface area (Å²) in [5.41, 5.74) is 7.44. The standard InChI is InChI=1S/C60H98N8O18/c1-38(2)21-25-80-27-29-82-31-32-83-30-28-81-26-22-45(70)33-42(13-10-11-23-62-50(72)37-84-48-16-9-7-8-15-46-52(48)66-67-68(46)58-55(75)54(74)53(73)49(35-69)86-58)57(77)65-51(39(3)4)47(71)34-43(14-12-24-63-60(61)79)56(76)64-44-19-17-41(18-20-44)36-85-59(78)40(5)6/h17-20,38-40,42-43,48-49,51,53-55,58,69,73-75H,7-16,21-37H2,1-6H3,(H,62,72)(H,64,76)(H,65,77)(H3,61,63,79)/t42-,43+,48?,49+,51-,53-,54-,55+,58+/m0/s1. The van der Waals surface area contributed by atoms with Gasteiger partial charge in [-0.15, -0.1) is 5.10 Å². The second kappa shape index (κ2) is 40.1. The van der Waals surface area contributed by atoms with E-state index >= 15 is 0 Å². The SMILES string of the molecule is CC(C)CCOCCOCCOCCOCCC(=O)C[C@H](CCCCNC(=O)COC1CCCCCc2c1nnn2[C@@H]1O[C@H](CO)[C@H](O)[C@H](O)[C@H]1O)C(=O)N[C@H](C(=O)C[C@@H](CCCNC(N)=O)C(=O)Nc1ccc(COC(=O)C(C)C)cc1)C(C)C. The Morgan fingerprint density at radius 3 is 2.01 bits per heavy atom. The molecule has 1 aromatic heterocycles. The van der Waals surface area contributed by atoms with Gasteiger partial charge in [0.25, 0.3) is 0 Å². The number of nitrogens with one attached hydrogen (secondary N) is 4. The van der Waals surface area contributed by atoms with E-state index in [9.17, 15) is 54.0 Å². The molecule has 0 saturated carbocycles. The molecule has 1 fully saturated rings. The van der Waals surface area contributed by atoms with Gasteiger partial charge in [0.2, 0.25) is 17.7 Å². The highest BCUT2D eigenvalue weighted by molar-refractivity contribution is 5.98. The highest BCUT2D eigenvalue weighted by Crippen LogP contribution is 2.34. The van der Waals surface area contributed by atoms with Crippen LogP contribution in [-0.4, -0.2) is 186 Å². The lowest BCUT2D eigenvalue weighted by Gasteiger charge is -2.40. The topological polar surface area (TPSA) is 370 Å². The first-order valence-corrected chi connectivity index (χ1v) is 30.6. The van der Waals surface area contributed by atoms with Crippen molar-refractivity contribution in [1.82, 2.24) is 30.9 Å². The Labute approximate surface area is 505 Å². The van der Waals surface area contributed by atoms with Gasteiger partial charge in [-0.25, -0.2) is 9.48 Å². The van der Waals surface area contributed by atoms with Crippen LogP contribution in [0.4, 0.5) is 10.5 Å². The lowest BCUT2D eigenvalue weighted by atomic mass is 9.88. The zero-order chi connectivity index (χ0) is 63.0. The molecule has 0 spiro atoms. The number of aliphatic hydroxyl groups excluding tert-OH is 4. The molecule has 26 heteroatoms. The Morgan fingerprint density at radius 2 is 1.37 bits per heavy atom. The molecule has 1 aliphatic heterocycles. The van der Waals surface area contributed by atoms with Crippen molar-refractivity contribution in [3.8, 4) is 0 Å². The molecule has 5 amide bonds. The van der Waals surface area contributed by atoms with E-state index in [-0.39, 0.29) is 95.9 Å². The van der Waals surface area contributed by atoms with Crippen molar-refractivity contribution in [3.05, 3.63) is 41.2 Å². The summed E-state index contributed by atoms with van der Waals surface area (Å²) in [5.74, 6) is -4.25. The van der Waals surface area contributed by atoms with E-state index in [0.717, 1.165) is 25.7 Å². The summed E-state index contributed by atoms with van der Waals surface area (Å²) in [4.78, 5) is 92.6. The summed E-state index contributed by atoms with van der Waals surface area (Å²) >= 11 is 0. The van der Waals surface area contributed by atoms with Crippen LogP contribution in [0.15, 0.2) is 24.3 Å². The lowest BCUT2D eigenvalue weighted by Crippen LogP contribution is -2.56. The number of unbranched alkanes of at least 4 members (excludes halogenated alkanes) is 1. The first-order chi connectivity index (χ1) is 41.2. The third-order valence-electron chi connectivity index (χ3n) is 14.9. The maximum absolute atomic E-state index is 14.3. The summed E-state index contributed by atoms with van der Waals surface area (Å²) < 4.78 is 40.9. The van der Waals surface area contributed by atoms with Crippen molar-refractivity contribution in [3.63, 3.8) is 0 Å². The number of nitrogens with two attached hydrogens (primary N) is 1. The van der Waals surface area contributed by atoms with Gasteiger partial charge in [-0.05, 0) is 80.9 Å². The van der Waals surface area contributed by atoms with Crippen LogP contribution in [0, 0.1) is 29.6 Å². The van der Waals surface area contributed by atoms with Crippen molar-refractivity contribution < 1.29 is 87.1 Å². The van der Waals surface area contributed by atoms with E-state index in [2.05, 4.69) is 45.4 Å². The molecule has 1 unspecified atom stereocenters. The van der Waals surface area contributed by atoms with Crippen LogP contribution in [0.3, 0.4) is 0 Å². The predicted molar refractivity (Wildman–Crippen MR) is 314 cm³/mol. The number of ether oxygens (including phenoxy) is 7. The number of esters is 1. The second-order valence-electron chi connectivity index (χ2n) is 23.1. The number of hydrogen-bond donors (Lipinski definition) is 9. The summed E-state index contributed by atoms with van der Waals surface area (Å²) in [7, 11) is 0. The maximum atomic E-state index is 14.3. The fourth-order valence-electron chi connectivity index (χ4n) is 9.74. The van der Waals surface area contributed by atoms with Crippen LogP contribution >= 0.6 is 0 Å². The number of aromatic nitrogens is 3. The largest absolute Gasteiger partial charge is 0.461 e. The average Bonchev–Trinajstić information content (AvgIpc) is 2.69. The van der Waals surface area contributed by atoms with Crippen molar-refractivity contribution in [2.45, 2.75) is 181 Å². The third kappa shape index (κ3) is 26.4. The summed E-state index contributed by atoms with van der Waals surface area (Å²) in [6.07, 6.45) is -2.20. The van der Waals surface area contributed by atoms with Gasteiger partial charge in [-0.3, -0.25) is 28.8 Å². The van der Waals surface area contributed by atoms with Crippen LogP contribution in [0.1, 0.15) is 154 Å². The minimum atomic E-state index is -1.61. The van der Waals surface area contributed by atoms with Gasteiger partial charge in [0.1, 0.15) is 55.2 Å². The number of nitrogens with zero attached hydrogens (tertiary/aromatic N) is 3. The summed E-state index contributed by atoms with van der Waals surface area (Å²) in [6.45, 7) is 13.8. The molecule has 26 nitrogen and oxygen atoms in total. The molecule has 486 valence electrons. The zero-order valence-corrected chi connectivity index (χ0v) is 51.3. The highest BCUT2D eigenvalue weighted by atomic mass is 16.6. The Hall–Kier alpha value is -5.55. The van der Waals surface area contributed by atoms with Crippen LogP contribution < -0.4 is 27.0 Å². The number of Topliss-reactive ketones (excluding diaryl/α,β-unsaturated/α-hetero) is 2. The fourth-order valence-corrected chi connectivity index (χ4v) is 9.74. The number of anilines is 1. The first kappa shape index (κ1) is 72.9. The van der Waals surface area contributed by atoms with Gasteiger partial charge in [0.15, 0.2) is 12.0 Å². The Kier molecular flexibility index (Phi) is 34.0. The quantitative estimate of drug-likeness (QED) is 0.0340. The molecule has 2 aromatic rings. The van der Waals surface area contributed by atoms with Crippen LogP contribution in [0.2, 0.25) is 0 Å². The third-order valence-corrected chi connectivity index (χ3v) is 14.9. The van der Waals surface area contributed by atoms with Crippen LogP contribution in [0.5, 0.6) is 0 Å². The molecule has 0 radical (unpaired) electrons. The van der Waals surface area contributed by atoms with E-state index < -0.39 is 96.7 Å². The van der Waals surface area contributed by atoms with Gasteiger partial charge < -0.3 is 80.6 Å². The molecule has 0 bridgehead atoms. The fraction of sp³-hybridized carbons (Fsp3) is 0.750. The number of rotatable bonds is 42. The molecule has 2 heterocycles. The lowest BCUT2D eigenvalue weighted by molar-refractivity contribution is -0.254. The van der Waals surface area contributed by atoms with Gasteiger partial charge in [0.05, 0.1) is 70.5 Å². The number of carbonyl (C=O) groups is 7.